The third kappa shape index (κ3) is 4.58. The molecule has 2 rings (SSSR count). The van der Waals surface area contributed by atoms with Gasteiger partial charge < -0.3 is 10.1 Å². The molecule has 1 fully saturated rings. The molecule has 2 heterocycles. The van der Waals surface area contributed by atoms with Crippen molar-refractivity contribution in [1.29, 1.82) is 5.26 Å². The van der Waals surface area contributed by atoms with Gasteiger partial charge in [0.15, 0.2) is 0 Å². The standard InChI is InChI=1S/C14H16Cl2N2O2S/c15-11-8-10(13(16)21-11)2-1-3-12(19)18-14(9-17)4-6-20-7-5-14/h8H,1-7H2,(H,18,19). The van der Waals surface area contributed by atoms with Crippen LogP contribution in [-0.4, -0.2) is 24.7 Å². The second kappa shape index (κ2) is 7.46. The lowest BCUT2D eigenvalue weighted by Crippen LogP contribution is -2.50. The molecule has 0 spiro atoms. The Balaban J connectivity index is 1.79. The molecule has 0 radical (unpaired) electrons. The van der Waals surface area contributed by atoms with Crippen LogP contribution in [0.4, 0.5) is 0 Å². The van der Waals surface area contributed by atoms with Crippen molar-refractivity contribution in [2.45, 2.75) is 37.6 Å². The number of carbonyl (C=O) groups is 1. The number of nitrogens with one attached hydrogen (secondary N) is 1. The smallest absolute Gasteiger partial charge is 0.221 e. The Morgan fingerprint density at radius 2 is 2.19 bits per heavy atom. The Morgan fingerprint density at radius 1 is 1.48 bits per heavy atom. The van der Waals surface area contributed by atoms with E-state index in [-0.39, 0.29) is 5.91 Å². The summed E-state index contributed by atoms with van der Waals surface area (Å²) in [7, 11) is 0. The molecule has 1 aromatic heterocycles. The minimum absolute atomic E-state index is 0.101. The van der Waals surface area contributed by atoms with Gasteiger partial charge in [-0.25, -0.2) is 0 Å². The van der Waals surface area contributed by atoms with Crippen molar-refractivity contribution in [2.75, 3.05) is 13.2 Å². The minimum Gasteiger partial charge on any atom is -0.381 e. The van der Waals surface area contributed by atoms with Crippen LogP contribution in [0, 0.1) is 11.3 Å². The summed E-state index contributed by atoms with van der Waals surface area (Å²) in [5, 5.41) is 12.1. The van der Waals surface area contributed by atoms with Crippen molar-refractivity contribution < 1.29 is 9.53 Å². The van der Waals surface area contributed by atoms with Crippen molar-refractivity contribution in [3.8, 4) is 6.07 Å². The number of ether oxygens (including phenoxy) is 1. The third-order valence-corrected chi connectivity index (χ3v) is 5.09. The molecule has 1 saturated heterocycles. The van der Waals surface area contributed by atoms with Gasteiger partial charge in [-0.2, -0.15) is 5.26 Å². The molecule has 7 heteroatoms. The summed E-state index contributed by atoms with van der Waals surface area (Å²) in [6.45, 7) is 1.02. The number of rotatable bonds is 5. The van der Waals surface area contributed by atoms with Crippen LogP contribution in [0.5, 0.6) is 0 Å². The van der Waals surface area contributed by atoms with Gasteiger partial charge in [0, 0.05) is 32.5 Å². The summed E-state index contributed by atoms with van der Waals surface area (Å²) < 4.78 is 6.57. The predicted octanol–water partition coefficient (Wildman–Crippen LogP) is 3.57. The molecule has 1 amide bonds. The van der Waals surface area contributed by atoms with Gasteiger partial charge in [-0.15, -0.1) is 11.3 Å². The zero-order valence-electron chi connectivity index (χ0n) is 11.5. The average Bonchev–Trinajstić information content (AvgIpc) is 2.78. The molecule has 0 bridgehead atoms. The molecule has 4 nitrogen and oxygen atoms in total. The number of nitrogens with zero attached hydrogens (tertiary/aromatic N) is 1. The Kier molecular flexibility index (Phi) is 5.88. The van der Waals surface area contributed by atoms with E-state index in [0.29, 0.717) is 54.0 Å². The number of nitriles is 1. The Labute approximate surface area is 138 Å². The summed E-state index contributed by atoms with van der Waals surface area (Å²) in [4.78, 5) is 12.0. The molecule has 0 atom stereocenters. The Bertz CT molecular complexity index is 548. The van der Waals surface area contributed by atoms with Crippen molar-refractivity contribution in [1.82, 2.24) is 5.32 Å². The summed E-state index contributed by atoms with van der Waals surface area (Å²) in [6, 6.07) is 4.06. The van der Waals surface area contributed by atoms with Crippen LogP contribution in [0.3, 0.4) is 0 Å². The zero-order chi connectivity index (χ0) is 15.3. The van der Waals surface area contributed by atoms with Crippen LogP contribution in [-0.2, 0) is 16.0 Å². The maximum Gasteiger partial charge on any atom is 0.221 e. The van der Waals surface area contributed by atoms with Crippen molar-refractivity contribution in [3.63, 3.8) is 0 Å². The molecule has 1 aromatic rings. The summed E-state index contributed by atoms with van der Waals surface area (Å²) in [5.41, 5.74) is 0.208. The van der Waals surface area contributed by atoms with Gasteiger partial charge in [-0.1, -0.05) is 23.2 Å². The number of carbonyl (C=O) groups excluding carboxylic acids is 1. The topological polar surface area (TPSA) is 62.1 Å². The zero-order valence-corrected chi connectivity index (χ0v) is 13.8. The maximum absolute atomic E-state index is 12.0. The number of halogens is 2. The van der Waals surface area contributed by atoms with Crippen LogP contribution in [0.1, 0.15) is 31.2 Å². The summed E-state index contributed by atoms with van der Waals surface area (Å²) >= 11 is 13.3. The second-order valence-corrected chi connectivity index (χ2v) is 7.34. The van der Waals surface area contributed by atoms with E-state index in [1.165, 1.54) is 11.3 Å². The summed E-state index contributed by atoms with van der Waals surface area (Å²) in [5.74, 6) is -0.101. The molecule has 21 heavy (non-hydrogen) atoms. The van der Waals surface area contributed by atoms with E-state index in [2.05, 4.69) is 11.4 Å². The number of amides is 1. The van der Waals surface area contributed by atoms with E-state index in [4.69, 9.17) is 27.9 Å². The van der Waals surface area contributed by atoms with Gasteiger partial charge in [0.05, 0.1) is 14.7 Å². The van der Waals surface area contributed by atoms with E-state index in [1.807, 2.05) is 6.07 Å². The van der Waals surface area contributed by atoms with Crippen LogP contribution in [0.25, 0.3) is 0 Å². The quantitative estimate of drug-likeness (QED) is 0.886. The summed E-state index contributed by atoms with van der Waals surface area (Å²) in [6.07, 6.45) is 2.84. The molecule has 0 aliphatic carbocycles. The van der Waals surface area contributed by atoms with Crippen LogP contribution >= 0.6 is 34.5 Å². The molecule has 0 aromatic carbocycles. The van der Waals surface area contributed by atoms with Gasteiger partial charge >= 0.3 is 0 Å². The van der Waals surface area contributed by atoms with Crippen LogP contribution in [0.2, 0.25) is 8.67 Å². The molecule has 0 unspecified atom stereocenters. The monoisotopic (exact) mass is 346 g/mol. The SMILES string of the molecule is N#CC1(NC(=O)CCCc2cc(Cl)sc2Cl)CCOCC1. The Morgan fingerprint density at radius 3 is 2.76 bits per heavy atom. The normalized spacial score (nSPS) is 17.2. The van der Waals surface area contributed by atoms with Gasteiger partial charge in [0.1, 0.15) is 5.54 Å². The number of aryl methyl sites for hydroxylation is 1. The van der Waals surface area contributed by atoms with Gasteiger partial charge in [0.25, 0.3) is 0 Å². The number of hydrogen-bond donors (Lipinski definition) is 1. The first-order valence-electron chi connectivity index (χ1n) is 6.78. The van der Waals surface area contributed by atoms with E-state index < -0.39 is 5.54 Å². The highest BCUT2D eigenvalue weighted by Crippen LogP contribution is 2.32. The molecular weight excluding hydrogens is 331 g/mol. The molecule has 1 aliphatic rings. The van der Waals surface area contributed by atoms with Gasteiger partial charge in [0.2, 0.25) is 5.91 Å². The average molecular weight is 347 g/mol. The van der Waals surface area contributed by atoms with Gasteiger partial charge in [-0.05, 0) is 24.5 Å². The number of hydrogen-bond acceptors (Lipinski definition) is 4. The number of thiophene rings is 1. The van der Waals surface area contributed by atoms with Crippen LogP contribution < -0.4 is 5.32 Å². The molecule has 0 saturated carbocycles. The van der Waals surface area contributed by atoms with E-state index in [9.17, 15) is 10.1 Å². The Hall–Kier alpha value is -0.800. The lowest BCUT2D eigenvalue weighted by Gasteiger charge is -2.31. The first-order chi connectivity index (χ1) is 10.0. The highest BCUT2D eigenvalue weighted by molar-refractivity contribution is 7.20. The van der Waals surface area contributed by atoms with Crippen molar-refractivity contribution in [2.24, 2.45) is 0 Å². The molecular formula is C14H16Cl2N2O2S. The van der Waals surface area contributed by atoms with Crippen molar-refractivity contribution in [3.05, 3.63) is 20.3 Å². The fourth-order valence-electron chi connectivity index (χ4n) is 2.30. The molecule has 1 N–H and O–H groups in total. The van der Waals surface area contributed by atoms with Crippen LogP contribution in [0.15, 0.2) is 6.07 Å². The van der Waals surface area contributed by atoms with E-state index in [1.54, 1.807) is 0 Å². The minimum atomic E-state index is -0.765. The van der Waals surface area contributed by atoms with E-state index >= 15 is 0 Å². The highest BCUT2D eigenvalue weighted by Gasteiger charge is 2.33. The molecule has 114 valence electrons. The molecule has 1 aliphatic heterocycles. The largest absolute Gasteiger partial charge is 0.381 e. The third-order valence-electron chi connectivity index (χ3n) is 3.52. The highest BCUT2D eigenvalue weighted by atomic mass is 35.5. The second-order valence-electron chi connectivity index (χ2n) is 5.06. The van der Waals surface area contributed by atoms with Crippen molar-refractivity contribution >= 4 is 40.4 Å². The first kappa shape index (κ1) is 16.6. The fourth-order valence-corrected chi connectivity index (χ4v) is 3.84. The maximum atomic E-state index is 12.0. The lowest BCUT2D eigenvalue weighted by molar-refractivity contribution is -0.123. The predicted molar refractivity (Wildman–Crippen MR) is 83.8 cm³/mol. The van der Waals surface area contributed by atoms with E-state index in [0.717, 1.165) is 5.56 Å². The fraction of sp³-hybridized carbons (Fsp3) is 0.571. The first-order valence-corrected chi connectivity index (χ1v) is 8.36. The lowest BCUT2D eigenvalue weighted by atomic mass is 9.91. The van der Waals surface area contributed by atoms with Gasteiger partial charge in [-0.3, -0.25) is 4.79 Å².